The van der Waals surface area contributed by atoms with E-state index >= 15 is 0 Å². The number of ether oxygens (including phenoxy) is 2. The molecule has 0 unspecified atom stereocenters. The van der Waals surface area contributed by atoms with Crippen LogP contribution in [0.5, 0.6) is 5.75 Å². The fraction of sp³-hybridized carbons (Fsp3) is 0.368. The second-order valence-corrected chi connectivity index (χ2v) is 7.30. The highest BCUT2D eigenvalue weighted by molar-refractivity contribution is 7.99. The molecule has 0 amide bonds. The van der Waals surface area contributed by atoms with Gasteiger partial charge in [0.05, 0.1) is 24.3 Å². The van der Waals surface area contributed by atoms with Crippen LogP contribution in [-0.4, -0.2) is 19.3 Å². The molecule has 1 heterocycles. The van der Waals surface area contributed by atoms with E-state index in [1.54, 1.807) is 12.1 Å². The Kier molecular flexibility index (Phi) is 6.14. The van der Waals surface area contributed by atoms with E-state index in [0.29, 0.717) is 54.5 Å². The van der Waals surface area contributed by atoms with Crippen molar-refractivity contribution < 1.29 is 35.8 Å². The number of alkyl halides is 6. The fourth-order valence-electron chi connectivity index (χ4n) is 2.87. The van der Waals surface area contributed by atoms with Gasteiger partial charge >= 0.3 is 12.4 Å². The lowest BCUT2D eigenvalue weighted by molar-refractivity contribution is -0.163. The van der Waals surface area contributed by atoms with Gasteiger partial charge in [-0.1, -0.05) is 23.9 Å². The van der Waals surface area contributed by atoms with Crippen molar-refractivity contribution in [1.29, 1.82) is 0 Å². The van der Waals surface area contributed by atoms with E-state index < -0.39 is 28.4 Å². The summed E-state index contributed by atoms with van der Waals surface area (Å²) in [5, 5.41) is 0. The second-order valence-electron chi connectivity index (χ2n) is 6.18. The highest BCUT2D eigenvalue weighted by atomic mass is 32.2. The molecule has 152 valence electrons. The topological polar surface area (TPSA) is 18.5 Å². The molecule has 0 bridgehead atoms. The molecule has 0 radical (unpaired) electrons. The molecule has 1 saturated heterocycles. The minimum Gasteiger partial charge on any atom is -0.490 e. The van der Waals surface area contributed by atoms with Crippen molar-refractivity contribution in [2.24, 2.45) is 0 Å². The summed E-state index contributed by atoms with van der Waals surface area (Å²) in [6.45, 7) is 1.14. The zero-order valence-corrected chi connectivity index (χ0v) is 15.3. The maximum Gasteiger partial charge on any atom is 0.418 e. The van der Waals surface area contributed by atoms with Gasteiger partial charge < -0.3 is 9.47 Å². The van der Waals surface area contributed by atoms with Crippen LogP contribution in [-0.2, 0) is 17.1 Å². The van der Waals surface area contributed by atoms with Gasteiger partial charge in [0.2, 0.25) is 0 Å². The second kappa shape index (κ2) is 8.24. The molecule has 0 aliphatic carbocycles. The van der Waals surface area contributed by atoms with Crippen molar-refractivity contribution in [3.8, 4) is 5.75 Å². The van der Waals surface area contributed by atoms with Gasteiger partial charge in [0.25, 0.3) is 0 Å². The summed E-state index contributed by atoms with van der Waals surface area (Å²) in [4.78, 5) is -0.153. The third-order valence-corrected chi connectivity index (χ3v) is 5.17. The monoisotopic (exact) mass is 422 g/mol. The molecule has 3 rings (SSSR count). The van der Waals surface area contributed by atoms with Crippen LogP contribution in [0.1, 0.15) is 24.0 Å². The van der Waals surface area contributed by atoms with Crippen LogP contribution in [0.3, 0.4) is 0 Å². The summed E-state index contributed by atoms with van der Waals surface area (Å²) in [7, 11) is 0. The van der Waals surface area contributed by atoms with E-state index in [4.69, 9.17) is 9.47 Å². The highest BCUT2D eigenvalue weighted by Crippen LogP contribution is 2.46. The molecule has 0 saturated carbocycles. The lowest BCUT2D eigenvalue weighted by Crippen LogP contribution is -2.25. The van der Waals surface area contributed by atoms with Crippen LogP contribution in [0, 0.1) is 0 Å². The number of hydrogen-bond donors (Lipinski definition) is 0. The molecule has 1 aliphatic rings. The molecule has 2 aromatic carbocycles. The van der Waals surface area contributed by atoms with Gasteiger partial charge in [-0.05, 0) is 30.3 Å². The maximum absolute atomic E-state index is 13.4. The first-order chi connectivity index (χ1) is 13.1. The van der Waals surface area contributed by atoms with Crippen molar-refractivity contribution in [1.82, 2.24) is 0 Å². The quantitative estimate of drug-likeness (QED) is 0.529. The van der Waals surface area contributed by atoms with Crippen molar-refractivity contribution in [3.63, 3.8) is 0 Å². The Hall–Kier alpha value is -1.87. The molecular weight excluding hydrogens is 406 g/mol. The van der Waals surface area contributed by atoms with Gasteiger partial charge in [-0.2, -0.15) is 26.3 Å². The first kappa shape index (κ1) is 20.9. The lowest BCUT2D eigenvalue weighted by atomic mass is 10.1. The van der Waals surface area contributed by atoms with E-state index in [1.807, 2.05) is 0 Å². The summed E-state index contributed by atoms with van der Waals surface area (Å²) in [6, 6.07) is 8.77. The Labute approximate surface area is 161 Å². The average Bonchev–Trinajstić information content (AvgIpc) is 2.61. The van der Waals surface area contributed by atoms with Crippen LogP contribution in [0.2, 0.25) is 0 Å². The number of benzene rings is 2. The SMILES string of the molecule is FC(F)(F)c1cccc(Sc2cccc(OC3CCOCC3)c2)c1C(F)(F)F. The van der Waals surface area contributed by atoms with Gasteiger partial charge in [0, 0.05) is 22.6 Å². The molecule has 1 aliphatic heterocycles. The van der Waals surface area contributed by atoms with Gasteiger partial charge in [0.15, 0.2) is 0 Å². The Balaban J connectivity index is 1.88. The zero-order valence-electron chi connectivity index (χ0n) is 14.4. The lowest BCUT2D eigenvalue weighted by Gasteiger charge is -2.23. The summed E-state index contributed by atoms with van der Waals surface area (Å²) < 4.78 is 90.4. The van der Waals surface area contributed by atoms with Crippen molar-refractivity contribution in [2.45, 2.75) is 41.1 Å². The molecule has 9 heteroatoms. The largest absolute Gasteiger partial charge is 0.490 e. The Morgan fingerprint density at radius 1 is 0.893 bits per heavy atom. The highest BCUT2D eigenvalue weighted by Gasteiger charge is 2.44. The van der Waals surface area contributed by atoms with Gasteiger partial charge in [-0.3, -0.25) is 0 Å². The fourth-order valence-corrected chi connectivity index (χ4v) is 3.92. The summed E-state index contributed by atoms with van der Waals surface area (Å²) >= 11 is 0.623. The first-order valence-electron chi connectivity index (χ1n) is 8.44. The van der Waals surface area contributed by atoms with Gasteiger partial charge in [-0.25, -0.2) is 0 Å². The predicted octanol–water partition coefficient (Wildman–Crippen LogP) is 6.43. The molecule has 2 aromatic rings. The van der Waals surface area contributed by atoms with E-state index in [0.717, 1.165) is 12.1 Å². The molecular formula is C19H16F6O2S. The minimum absolute atomic E-state index is 0.0618. The van der Waals surface area contributed by atoms with Gasteiger partial charge in [0.1, 0.15) is 11.9 Å². The number of hydrogen-bond acceptors (Lipinski definition) is 3. The smallest absolute Gasteiger partial charge is 0.418 e. The molecule has 28 heavy (non-hydrogen) atoms. The zero-order chi connectivity index (χ0) is 20.4. The molecule has 0 aromatic heterocycles. The minimum atomic E-state index is -5.13. The Morgan fingerprint density at radius 3 is 2.21 bits per heavy atom. The summed E-state index contributed by atoms with van der Waals surface area (Å²) in [5.74, 6) is 0.456. The molecule has 0 atom stereocenters. The summed E-state index contributed by atoms with van der Waals surface area (Å²) in [6.07, 6.45) is -8.90. The van der Waals surface area contributed by atoms with E-state index in [1.165, 1.54) is 12.1 Å². The van der Waals surface area contributed by atoms with Crippen LogP contribution in [0.25, 0.3) is 0 Å². The van der Waals surface area contributed by atoms with Crippen LogP contribution >= 0.6 is 11.8 Å². The van der Waals surface area contributed by atoms with Crippen molar-refractivity contribution in [3.05, 3.63) is 53.6 Å². The Bertz CT molecular complexity index is 813. The van der Waals surface area contributed by atoms with Crippen molar-refractivity contribution in [2.75, 3.05) is 13.2 Å². The van der Waals surface area contributed by atoms with E-state index in [-0.39, 0.29) is 6.10 Å². The number of halogens is 6. The molecule has 0 spiro atoms. The first-order valence-corrected chi connectivity index (χ1v) is 9.26. The van der Waals surface area contributed by atoms with E-state index in [2.05, 4.69) is 0 Å². The van der Waals surface area contributed by atoms with Crippen molar-refractivity contribution >= 4 is 11.8 Å². The van der Waals surface area contributed by atoms with Crippen LogP contribution in [0.4, 0.5) is 26.3 Å². The standard InChI is InChI=1S/C19H16F6O2S/c20-18(21,22)15-5-2-6-16(17(15)19(23,24)25)28-14-4-1-3-13(11-14)27-12-7-9-26-10-8-12/h1-6,11-12H,7-10H2. The third kappa shape index (κ3) is 5.14. The van der Waals surface area contributed by atoms with Gasteiger partial charge in [-0.15, -0.1) is 0 Å². The van der Waals surface area contributed by atoms with Crippen LogP contribution in [0.15, 0.2) is 52.3 Å². The molecule has 0 N–H and O–H groups in total. The van der Waals surface area contributed by atoms with E-state index in [9.17, 15) is 26.3 Å². The predicted molar refractivity (Wildman–Crippen MR) is 91.5 cm³/mol. The van der Waals surface area contributed by atoms with Crippen LogP contribution < -0.4 is 4.74 Å². The third-order valence-electron chi connectivity index (χ3n) is 4.12. The Morgan fingerprint density at radius 2 is 1.57 bits per heavy atom. The molecule has 1 fully saturated rings. The summed E-state index contributed by atoms with van der Waals surface area (Å²) in [5.41, 5.74) is -3.37. The normalized spacial score (nSPS) is 16.2. The number of rotatable bonds is 4. The molecule has 2 nitrogen and oxygen atoms in total. The average molecular weight is 422 g/mol. The maximum atomic E-state index is 13.4.